The Morgan fingerprint density at radius 2 is 1.83 bits per heavy atom. The van der Waals surface area contributed by atoms with Crippen molar-refractivity contribution in [2.24, 2.45) is 0 Å². The van der Waals surface area contributed by atoms with E-state index in [1.807, 2.05) is 50.2 Å². The highest BCUT2D eigenvalue weighted by atomic mass is 32.2. The fourth-order valence-electron chi connectivity index (χ4n) is 3.06. The van der Waals surface area contributed by atoms with Crippen LogP contribution in [0.25, 0.3) is 11.3 Å². The molecule has 4 N–H and O–H groups in total. The molecule has 1 unspecified atom stereocenters. The number of aromatic nitrogens is 2. The highest BCUT2D eigenvalue weighted by Crippen LogP contribution is 2.22. The molecule has 0 aliphatic carbocycles. The molecule has 0 spiro atoms. The molecule has 9 nitrogen and oxygen atoms in total. The average molecular weight is 532 g/mol. The second kappa shape index (κ2) is 14.8. The first-order valence-electron chi connectivity index (χ1n) is 11.5. The first-order valence-corrected chi connectivity index (χ1v) is 13.3. The van der Waals surface area contributed by atoms with Crippen molar-refractivity contribution >= 4 is 40.9 Å². The van der Waals surface area contributed by atoms with E-state index in [4.69, 9.17) is 5.11 Å². The Balaban J connectivity index is 0.00000222. The number of aryl methyl sites for hydroxylation is 1. The van der Waals surface area contributed by atoms with Gasteiger partial charge < -0.3 is 20.5 Å². The van der Waals surface area contributed by atoms with E-state index in [-0.39, 0.29) is 18.4 Å². The van der Waals surface area contributed by atoms with E-state index >= 15 is 0 Å². The second-order valence-electron chi connectivity index (χ2n) is 7.32. The molecule has 0 saturated carbocycles. The van der Waals surface area contributed by atoms with Gasteiger partial charge in [-0.2, -0.15) is 0 Å². The maximum atomic E-state index is 12.4. The number of carbonyl (C=O) groups is 3. The summed E-state index contributed by atoms with van der Waals surface area (Å²) in [5.74, 6) is -2.23. The molecule has 0 aliphatic heterocycles. The smallest absolute Gasteiger partial charge is 0.326 e. The van der Waals surface area contributed by atoms with E-state index in [9.17, 15) is 24.3 Å². The van der Waals surface area contributed by atoms with Crippen molar-refractivity contribution in [3.8, 4) is 11.3 Å². The number of hydrogen-bond acceptors (Lipinski definition) is 7. The van der Waals surface area contributed by atoms with Gasteiger partial charge in [-0.15, -0.1) is 11.3 Å². The SMILES string of the molecule is CC.O=C(O)CCC(NC(=O)c1ccc(CCCSc2nc(-c3ccccc3)cc(=O)[nH]2)s1)C(=O)O. The van der Waals surface area contributed by atoms with E-state index in [1.54, 1.807) is 6.07 Å². The molecule has 0 saturated heterocycles. The zero-order chi connectivity index (χ0) is 26.5. The Hall–Kier alpha value is -3.44. The number of benzene rings is 1. The molecule has 2 heterocycles. The van der Waals surface area contributed by atoms with Gasteiger partial charge in [0.05, 0.1) is 10.6 Å². The third kappa shape index (κ3) is 9.31. The molecule has 0 bridgehead atoms. The predicted octanol–water partition coefficient (Wildman–Crippen LogP) is 4.30. The Morgan fingerprint density at radius 3 is 2.50 bits per heavy atom. The number of carbonyl (C=O) groups excluding carboxylic acids is 1. The van der Waals surface area contributed by atoms with Crippen molar-refractivity contribution in [2.75, 3.05) is 5.75 Å². The molecule has 1 atom stereocenters. The molecular formula is C25H29N3O6S2. The topological polar surface area (TPSA) is 149 Å². The zero-order valence-electron chi connectivity index (χ0n) is 20.0. The minimum atomic E-state index is -1.27. The molecule has 1 amide bonds. The molecule has 0 radical (unpaired) electrons. The maximum Gasteiger partial charge on any atom is 0.326 e. The van der Waals surface area contributed by atoms with E-state index < -0.39 is 23.9 Å². The minimum absolute atomic E-state index is 0.187. The number of aromatic amines is 1. The fourth-order valence-corrected chi connectivity index (χ4v) is 4.83. The number of aliphatic carboxylic acids is 2. The van der Waals surface area contributed by atoms with Gasteiger partial charge in [0, 0.05) is 28.7 Å². The second-order valence-corrected chi connectivity index (χ2v) is 9.57. The molecular weight excluding hydrogens is 502 g/mol. The van der Waals surface area contributed by atoms with E-state index in [2.05, 4.69) is 15.3 Å². The van der Waals surface area contributed by atoms with Crippen LogP contribution < -0.4 is 10.9 Å². The average Bonchev–Trinajstić information content (AvgIpc) is 3.34. The standard InChI is InChI=1S/C23H23N3O6S2.C2H6/c27-19-13-17(14-5-2-1-3-6-14)25-23(26-19)33-12-4-7-15-8-10-18(34-15)21(30)24-16(22(31)32)9-11-20(28)29;1-2/h1-3,5-6,8,10,13,16H,4,7,9,11-12H2,(H,24,30)(H,28,29)(H,31,32)(H,25,26,27);1-2H3. The number of nitrogens with zero attached hydrogens (tertiary/aromatic N) is 1. The molecule has 2 aromatic heterocycles. The lowest BCUT2D eigenvalue weighted by Crippen LogP contribution is -2.40. The van der Waals surface area contributed by atoms with Gasteiger partial charge in [0.2, 0.25) is 0 Å². The number of thiophene rings is 1. The van der Waals surface area contributed by atoms with Crippen LogP contribution in [0.5, 0.6) is 0 Å². The molecule has 3 rings (SSSR count). The number of carboxylic acid groups (broad SMARTS) is 2. The molecule has 0 fully saturated rings. The van der Waals surface area contributed by atoms with Gasteiger partial charge in [-0.1, -0.05) is 55.9 Å². The van der Waals surface area contributed by atoms with Crippen molar-refractivity contribution in [3.05, 3.63) is 68.6 Å². The van der Waals surface area contributed by atoms with Gasteiger partial charge in [-0.25, -0.2) is 9.78 Å². The van der Waals surface area contributed by atoms with Gasteiger partial charge in [0.1, 0.15) is 6.04 Å². The van der Waals surface area contributed by atoms with Crippen LogP contribution in [0.15, 0.2) is 58.5 Å². The number of amides is 1. The van der Waals surface area contributed by atoms with Gasteiger partial charge in [-0.3, -0.25) is 14.4 Å². The molecule has 0 aliphatic rings. The lowest BCUT2D eigenvalue weighted by atomic mass is 10.1. The van der Waals surface area contributed by atoms with Gasteiger partial charge in [0.25, 0.3) is 11.5 Å². The number of hydrogen-bond donors (Lipinski definition) is 4. The van der Waals surface area contributed by atoms with E-state index in [0.717, 1.165) is 16.9 Å². The summed E-state index contributed by atoms with van der Waals surface area (Å²) in [6, 6.07) is 13.1. The summed E-state index contributed by atoms with van der Waals surface area (Å²) >= 11 is 2.70. The van der Waals surface area contributed by atoms with Gasteiger partial charge >= 0.3 is 11.9 Å². The third-order valence-corrected chi connectivity index (χ3v) is 6.83. The number of thioether (sulfide) groups is 1. The van der Waals surface area contributed by atoms with Crippen LogP contribution in [0.2, 0.25) is 0 Å². The quantitative estimate of drug-likeness (QED) is 0.154. The molecule has 1 aromatic carbocycles. The van der Waals surface area contributed by atoms with Crippen LogP contribution in [-0.4, -0.2) is 49.8 Å². The number of carboxylic acids is 2. The zero-order valence-corrected chi connectivity index (χ0v) is 21.7. The first kappa shape index (κ1) is 28.8. The summed E-state index contributed by atoms with van der Waals surface area (Å²) < 4.78 is 0. The molecule has 192 valence electrons. The molecule has 11 heteroatoms. The summed E-state index contributed by atoms with van der Waals surface area (Å²) in [4.78, 5) is 54.9. The highest BCUT2D eigenvalue weighted by Gasteiger charge is 2.22. The van der Waals surface area contributed by atoms with Crippen LogP contribution in [-0.2, 0) is 16.0 Å². The summed E-state index contributed by atoms with van der Waals surface area (Å²) in [7, 11) is 0. The van der Waals surface area contributed by atoms with Crippen molar-refractivity contribution in [1.82, 2.24) is 15.3 Å². The lowest BCUT2D eigenvalue weighted by molar-refractivity contribution is -0.140. The van der Waals surface area contributed by atoms with Crippen LogP contribution in [0, 0.1) is 0 Å². The Labute approximate surface area is 217 Å². The summed E-state index contributed by atoms with van der Waals surface area (Å²) in [6.45, 7) is 4.00. The maximum absolute atomic E-state index is 12.4. The summed E-state index contributed by atoms with van der Waals surface area (Å²) in [5, 5.41) is 20.8. The summed E-state index contributed by atoms with van der Waals surface area (Å²) in [6.07, 6.45) is 0.948. The van der Waals surface area contributed by atoms with Crippen molar-refractivity contribution in [2.45, 2.75) is 50.7 Å². The van der Waals surface area contributed by atoms with E-state index in [0.29, 0.717) is 27.9 Å². The largest absolute Gasteiger partial charge is 0.481 e. The Bertz CT molecular complexity index is 1210. The lowest BCUT2D eigenvalue weighted by Gasteiger charge is -2.12. The summed E-state index contributed by atoms with van der Waals surface area (Å²) in [5.41, 5.74) is 1.27. The number of H-pyrrole nitrogens is 1. The molecule has 3 aromatic rings. The number of rotatable bonds is 12. The van der Waals surface area contributed by atoms with Crippen molar-refractivity contribution in [3.63, 3.8) is 0 Å². The van der Waals surface area contributed by atoms with Crippen molar-refractivity contribution < 1.29 is 24.6 Å². The van der Waals surface area contributed by atoms with Crippen LogP contribution in [0.1, 0.15) is 47.7 Å². The Morgan fingerprint density at radius 1 is 1.11 bits per heavy atom. The monoisotopic (exact) mass is 531 g/mol. The van der Waals surface area contributed by atoms with Crippen molar-refractivity contribution in [1.29, 1.82) is 0 Å². The Kier molecular flexibility index (Phi) is 11.9. The van der Waals surface area contributed by atoms with Gasteiger partial charge in [0.15, 0.2) is 5.16 Å². The third-order valence-electron chi connectivity index (χ3n) is 4.73. The van der Waals surface area contributed by atoms with Crippen LogP contribution >= 0.6 is 23.1 Å². The van der Waals surface area contributed by atoms with Gasteiger partial charge in [-0.05, 0) is 31.4 Å². The minimum Gasteiger partial charge on any atom is -0.481 e. The number of nitrogens with one attached hydrogen (secondary N) is 2. The highest BCUT2D eigenvalue weighted by molar-refractivity contribution is 7.99. The first-order chi connectivity index (χ1) is 17.3. The normalized spacial score (nSPS) is 11.2. The van der Waals surface area contributed by atoms with E-state index in [1.165, 1.54) is 29.2 Å². The fraction of sp³-hybridized carbons (Fsp3) is 0.320. The van der Waals surface area contributed by atoms with Crippen LogP contribution in [0.3, 0.4) is 0 Å². The predicted molar refractivity (Wildman–Crippen MR) is 141 cm³/mol. The van der Waals surface area contributed by atoms with Crippen LogP contribution in [0.4, 0.5) is 0 Å². The molecule has 36 heavy (non-hydrogen) atoms.